The molecular formula is C18H30N4O. The van der Waals surface area contributed by atoms with E-state index < -0.39 is 0 Å². The van der Waals surface area contributed by atoms with E-state index in [1.807, 2.05) is 0 Å². The molecule has 2 aliphatic rings. The fourth-order valence-corrected chi connectivity index (χ4v) is 3.68. The molecule has 128 valence electrons. The summed E-state index contributed by atoms with van der Waals surface area (Å²) in [5, 5.41) is 3.66. The van der Waals surface area contributed by atoms with E-state index in [0.29, 0.717) is 18.2 Å². The molecule has 0 radical (unpaired) electrons. The van der Waals surface area contributed by atoms with Gasteiger partial charge in [-0.1, -0.05) is 0 Å². The van der Waals surface area contributed by atoms with Crippen LogP contribution in [0.1, 0.15) is 44.2 Å². The lowest BCUT2D eigenvalue weighted by Crippen LogP contribution is -2.37. The zero-order valence-electron chi connectivity index (χ0n) is 14.4. The first-order chi connectivity index (χ1) is 11.2. The van der Waals surface area contributed by atoms with Gasteiger partial charge in [0.05, 0.1) is 17.5 Å². The quantitative estimate of drug-likeness (QED) is 0.893. The van der Waals surface area contributed by atoms with Gasteiger partial charge < -0.3 is 20.7 Å². The van der Waals surface area contributed by atoms with Gasteiger partial charge in [0.1, 0.15) is 5.82 Å². The number of pyridine rings is 1. The first-order valence-corrected chi connectivity index (χ1v) is 8.93. The number of hydrogen-bond donors (Lipinski definition) is 2. The predicted octanol–water partition coefficient (Wildman–Crippen LogP) is 2.69. The number of aromatic nitrogens is 1. The van der Waals surface area contributed by atoms with Gasteiger partial charge in [-0.15, -0.1) is 0 Å². The molecule has 5 heteroatoms. The van der Waals surface area contributed by atoms with Crippen LogP contribution in [0.15, 0.2) is 12.1 Å². The van der Waals surface area contributed by atoms with Crippen LogP contribution in [-0.4, -0.2) is 43.4 Å². The third-order valence-electron chi connectivity index (χ3n) is 5.30. The average molecular weight is 318 g/mol. The molecule has 0 amide bonds. The highest BCUT2D eigenvalue weighted by atomic mass is 16.5. The Bertz CT molecular complexity index is 506. The summed E-state index contributed by atoms with van der Waals surface area (Å²) in [6.07, 6.45) is 7.14. The van der Waals surface area contributed by atoms with Crippen LogP contribution in [0, 0.1) is 6.92 Å². The summed E-state index contributed by atoms with van der Waals surface area (Å²) in [6, 6.07) is 5.27. The number of nitrogens with one attached hydrogen (secondary N) is 1. The SMILES string of the molecule is COC1CCN(c2ccc(NC3CCC(N)CC3)c(C)n2)CC1. The minimum atomic E-state index is 0.393. The number of rotatable bonds is 4. The van der Waals surface area contributed by atoms with Crippen molar-refractivity contribution in [3.63, 3.8) is 0 Å². The summed E-state index contributed by atoms with van der Waals surface area (Å²) in [4.78, 5) is 7.19. The van der Waals surface area contributed by atoms with Gasteiger partial charge in [-0.3, -0.25) is 0 Å². The van der Waals surface area contributed by atoms with Crippen molar-refractivity contribution in [2.45, 2.75) is 63.6 Å². The first-order valence-electron chi connectivity index (χ1n) is 8.93. The van der Waals surface area contributed by atoms with Crippen LogP contribution in [-0.2, 0) is 4.74 Å². The highest BCUT2D eigenvalue weighted by Gasteiger charge is 2.21. The molecule has 1 aromatic heterocycles. The summed E-state index contributed by atoms with van der Waals surface area (Å²) in [6.45, 7) is 4.15. The Morgan fingerprint density at radius 3 is 2.43 bits per heavy atom. The van der Waals surface area contributed by atoms with Gasteiger partial charge in [-0.25, -0.2) is 4.98 Å². The first kappa shape index (κ1) is 16.5. The number of nitrogens with zero attached hydrogens (tertiary/aromatic N) is 2. The Labute approximate surface area is 139 Å². The van der Waals surface area contributed by atoms with E-state index in [-0.39, 0.29) is 0 Å². The Hall–Kier alpha value is -1.33. The molecule has 23 heavy (non-hydrogen) atoms. The Kier molecular flexibility index (Phi) is 5.38. The molecule has 0 unspecified atom stereocenters. The van der Waals surface area contributed by atoms with Crippen molar-refractivity contribution >= 4 is 11.5 Å². The smallest absolute Gasteiger partial charge is 0.128 e. The summed E-state index contributed by atoms with van der Waals surface area (Å²) in [5.41, 5.74) is 8.24. The second-order valence-corrected chi connectivity index (χ2v) is 6.98. The van der Waals surface area contributed by atoms with E-state index in [9.17, 15) is 0 Å². The standard InChI is InChI=1S/C18H30N4O/c1-13-17(21-15-5-3-14(19)4-6-15)7-8-18(20-13)22-11-9-16(23-2)10-12-22/h7-8,14-16,21H,3-6,9-12,19H2,1-2H3. The normalized spacial score (nSPS) is 26.3. The average Bonchev–Trinajstić information content (AvgIpc) is 2.59. The number of anilines is 2. The number of hydrogen-bond acceptors (Lipinski definition) is 5. The molecule has 2 fully saturated rings. The van der Waals surface area contributed by atoms with Crippen molar-refractivity contribution < 1.29 is 4.74 Å². The predicted molar refractivity (Wildman–Crippen MR) is 95.1 cm³/mol. The molecule has 1 saturated heterocycles. The number of aryl methyl sites for hydroxylation is 1. The van der Waals surface area contributed by atoms with Crippen LogP contribution < -0.4 is 16.0 Å². The van der Waals surface area contributed by atoms with Crippen LogP contribution in [0.3, 0.4) is 0 Å². The lowest BCUT2D eigenvalue weighted by molar-refractivity contribution is 0.0818. The van der Waals surface area contributed by atoms with Gasteiger partial charge in [0, 0.05) is 32.3 Å². The molecule has 0 bridgehead atoms. The fraction of sp³-hybridized carbons (Fsp3) is 0.722. The maximum atomic E-state index is 5.99. The van der Waals surface area contributed by atoms with Crippen molar-refractivity contribution in [1.29, 1.82) is 0 Å². The van der Waals surface area contributed by atoms with Gasteiger partial charge in [0.25, 0.3) is 0 Å². The van der Waals surface area contributed by atoms with E-state index in [1.165, 1.54) is 5.69 Å². The molecule has 1 aliphatic heterocycles. The van der Waals surface area contributed by atoms with Crippen molar-refractivity contribution in [2.75, 3.05) is 30.4 Å². The molecule has 3 rings (SSSR count). The minimum Gasteiger partial charge on any atom is -0.381 e. The van der Waals surface area contributed by atoms with Crippen LogP contribution in [0.25, 0.3) is 0 Å². The summed E-state index contributed by atoms with van der Waals surface area (Å²) >= 11 is 0. The van der Waals surface area contributed by atoms with Crippen molar-refractivity contribution in [1.82, 2.24) is 4.98 Å². The Morgan fingerprint density at radius 1 is 1.13 bits per heavy atom. The van der Waals surface area contributed by atoms with Gasteiger partial charge in [0.15, 0.2) is 0 Å². The second-order valence-electron chi connectivity index (χ2n) is 6.98. The lowest BCUT2D eigenvalue weighted by atomic mass is 9.91. The second kappa shape index (κ2) is 7.49. The van der Waals surface area contributed by atoms with E-state index >= 15 is 0 Å². The molecule has 0 aromatic carbocycles. The summed E-state index contributed by atoms with van der Waals surface area (Å²) in [5.74, 6) is 1.09. The number of piperidine rings is 1. The maximum absolute atomic E-state index is 5.99. The number of methoxy groups -OCH3 is 1. The van der Waals surface area contributed by atoms with Crippen LogP contribution >= 0.6 is 0 Å². The zero-order valence-corrected chi connectivity index (χ0v) is 14.4. The lowest BCUT2D eigenvalue weighted by Gasteiger charge is -2.32. The molecule has 3 N–H and O–H groups in total. The van der Waals surface area contributed by atoms with E-state index in [1.54, 1.807) is 7.11 Å². The fourth-order valence-electron chi connectivity index (χ4n) is 3.68. The highest BCUT2D eigenvalue weighted by molar-refractivity contribution is 5.54. The largest absolute Gasteiger partial charge is 0.381 e. The zero-order chi connectivity index (χ0) is 16.2. The molecule has 1 aromatic rings. The van der Waals surface area contributed by atoms with E-state index in [4.69, 9.17) is 15.5 Å². The maximum Gasteiger partial charge on any atom is 0.128 e. The molecule has 1 saturated carbocycles. The minimum absolute atomic E-state index is 0.393. The Balaban J connectivity index is 1.60. The van der Waals surface area contributed by atoms with Crippen LogP contribution in [0.2, 0.25) is 0 Å². The number of ether oxygens (including phenoxy) is 1. The summed E-state index contributed by atoms with van der Waals surface area (Å²) < 4.78 is 5.44. The summed E-state index contributed by atoms with van der Waals surface area (Å²) in [7, 11) is 1.81. The van der Waals surface area contributed by atoms with Crippen molar-refractivity contribution in [2.24, 2.45) is 5.73 Å². The molecule has 0 atom stereocenters. The molecular weight excluding hydrogens is 288 g/mol. The topological polar surface area (TPSA) is 63.4 Å². The van der Waals surface area contributed by atoms with Gasteiger partial charge >= 0.3 is 0 Å². The third kappa shape index (κ3) is 4.15. The monoisotopic (exact) mass is 318 g/mol. The van der Waals surface area contributed by atoms with Crippen LogP contribution in [0.4, 0.5) is 11.5 Å². The van der Waals surface area contributed by atoms with Crippen molar-refractivity contribution in [3.8, 4) is 0 Å². The van der Waals surface area contributed by atoms with E-state index in [2.05, 4.69) is 29.3 Å². The number of nitrogens with two attached hydrogens (primary N) is 1. The molecule has 0 spiro atoms. The highest BCUT2D eigenvalue weighted by Crippen LogP contribution is 2.26. The van der Waals surface area contributed by atoms with Crippen LogP contribution in [0.5, 0.6) is 0 Å². The molecule has 2 heterocycles. The molecule has 1 aliphatic carbocycles. The van der Waals surface area contributed by atoms with Gasteiger partial charge in [-0.2, -0.15) is 0 Å². The van der Waals surface area contributed by atoms with Gasteiger partial charge in [0.2, 0.25) is 0 Å². The molecule has 5 nitrogen and oxygen atoms in total. The third-order valence-corrected chi connectivity index (χ3v) is 5.30. The van der Waals surface area contributed by atoms with E-state index in [0.717, 1.165) is 63.1 Å². The Morgan fingerprint density at radius 2 is 1.83 bits per heavy atom. The van der Waals surface area contributed by atoms with Gasteiger partial charge in [-0.05, 0) is 57.6 Å². The van der Waals surface area contributed by atoms with Crippen molar-refractivity contribution in [3.05, 3.63) is 17.8 Å².